The van der Waals surface area contributed by atoms with Gasteiger partial charge in [0.2, 0.25) is 0 Å². The highest BCUT2D eigenvalue weighted by atomic mass is 16.5. The first-order valence-electron chi connectivity index (χ1n) is 12.3. The van der Waals surface area contributed by atoms with Gasteiger partial charge in [-0.15, -0.1) is 0 Å². The highest BCUT2D eigenvalue weighted by Gasteiger charge is 2.32. The van der Waals surface area contributed by atoms with Crippen molar-refractivity contribution in [1.82, 2.24) is 5.32 Å². The van der Waals surface area contributed by atoms with Gasteiger partial charge in [-0.05, 0) is 63.5 Å². The molecule has 1 aliphatic heterocycles. The molecule has 0 unspecified atom stereocenters. The molecule has 2 heterocycles. The van der Waals surface area contributed by atoms with Crippen molar-refractivity contribution in [2.45, 2.75) is 64.1 Å². The summed E-state index contributed by atoms with van der Waals surface area (Å²) in [4.78, 5) is 25.4. The predicted molar refractivity (Wildman–Crippen MR) is 132 cm³/mol. The van der Waals surface area contributed by atoms with Gasteiger partial charge in [0.15, 0.2) is 6.61 Å². The van der Waals surface area contributed by atoms with Crippen LogP contribution in [0.1, 0.15) is 61.5 Å². The van der Waals surface area contributed by atoms with Gasteiger partial charge in [0.25, 0.3) is 5.91 Å². The van der Waals surface area contributed by atoms with E-state index < -0.39 is 6.10 Å². The molecule has 7 nitrogen and oxygen atoms in total. The van der Waals surface area contributed by atoms with Crippen molar-refractivity contribution in [1.29, 1.82) is 0 Å². The molecule has 1 amide bonds. The third-order valence-corrected chi connectivity index (χ3v) is 6.92. The van der Waals surface area contributed by atoms with Crippen LogP contribution in [0.25, 0.3) is 11.0 Å². The molecule has 0 radical (unpaired) electrons. The monoisotopic (exact) mass is 477 g/mol. The van der Waals surface area contributed by atoms with Gasteiger partial charge in [-0.25, -0.2) is 4.79 Å². The van der Waals surface area contributed by atoms with Gasteiger partial charge in [0.05, 0.1) is 11.5 Å². The molecule has 2 N–H and O–H groups in total. The molecule has 2 aliphatic rings. The quantitative estimate of drug-likeness (QED) is 0.521. The Morgan fingerprint density at radius 3 is 2.63 bits per heavy atom. The summed E-state index contributed by atoms with van der Waals surface area (Å²) in [5, 5.41) is 13.8. The number of ether oxygens (including phenoxy) is 2. The van der Waals surface area contributed by atoms with Crippen LogP contribution in [0.15, 0.2) is 45.6 Å². The van der Waals surface area contributed by atoms with Crippen LogP contribution in [0, 0.1) is 0 Å². The lowest BCUT2D eigenvalue weighted by Gasteiger charge is -2.33. The summed E-state index contributed by atoms with van der Waals surface area (Å²) in [6, 6.07) is 11.0. The highest BCUT2D eigenvalue weighted by molar-refractivity contribution is 5.92. The average Bonchev–Trinajstić information content (AvgIpc) is 2.85. The van der Waals surface area contributed by atoms with Crippen molar-refractivity contribution in [3.05, 3.63) is 69.1 Å². The number of amides is 1. The van der Waals surface area contributed by atoms with E-state index in [1.165, 1.54) is 0 Å². The molecule has 5 rings (SSSR count). The SMILES string of the molecule is CC1(C)CCc2c(cc(OCC(=O)NC[C@H](O)c3ccccc3)c3c4c(c(=O)oc23)CCCC4)O1. The Morgan fingerprint density at radius 2 is 1.86 bits per heavy atom. The van der Waals surface area contributed by atoms with Crippen LogP contribution >= 0.6 is 0 Å². The molecule has 2 aromatic carbocycles. The molecule has 1 aromatic heterocycles. The number of carbonyl (C=O) groups is 1. The van der Waals surface area contributed by atoms with E-state index in [1.807, 2.05) is 50.2 Å². The van der Waals surface area contributed by atoms with Crippen molar-refractivity contribution >= 4 is 16.9 Å². The number of aliphatic hydroxyl groups excluding tert-OH is 1. The molecule has 1 aliphatic carbocycles. The summed E-state index contributed by atoms with van der Waals surface area (Å²) in [6.07, 6.45) is 4.14. The summed E-state index contributed by atoms with van der Waals surface area (Å²) in [5.41, 5.74) is 3.16. The van der Waals surface area contributed by atoms with Gasteiger partial charge in [-0.3, -0.25) is 4.79 Å². The fraction of sp³-hybridized carbons (Fsp3) is 0.429. The van der Waals surface area contributed by atoms with Crippen molar-refractivity contribution in [2.75, 3.05) is 13.2 Å². The second-order valence-electron chi connectivity index (χ2n) is 9.99. The Balaban J connectivity index is 1.43. The molecule has 0 saturated carbocycles. The largest absolute Gasteiger partial charge is 0.487 e. The van der Waals surface area contributed by atoms with E-state index in [4.69, 9.17) is 13.9 Å². The van der Waals surface area contributed by atoms with Crippen molar-refractivity contribution in [3.63, 3.8) is 0 Å². The first kappa shape index (κ1) is 23.4. The highest BCUT2D eigenvalue weighted by Crippen LogP contribution is 2.44. The van der Waals surface area contributed by atoms with Gasteiger partial charge in [-0.1, -0.05) is 30.3 Å². The fourth-order valence-corrected chi connectivity index (χ4v) is 5.03. The smallest absolute Gasteiger partial charge is 0.339 e. The number of aryl methyl sites for hydroxylation is 2. The zero-order valence-corrected chi connectivity index (χ0v) is 20.2. The summed E-state index contributed by atoms with van der Waals surface area (Å²) in [7, 11) is 0. The Kier molecular flexibility index (Phi) is 6.28. The van der Waals surface area contributed by atoms with E-state index in [2.05, 4.69) is 5.32 Å². The van der Waals surface area contributed by atoms with Gasteiger partial charge < -0.3 is 24.3 Å². The minimum Gasteiger partial charge on any atom is -0.487 e. The molecule has 1 atom stereocenters. The molecule has 184 valence electrons. The van der Waals surface area contributed by atoms with Crippen LogP contribution in [0.2, 0.25) is 0 Å². The van der Waals surface area contributed by atoms with E-state index in [9.17, 15) is 14.7 Å². The van der Waals surface area contributed by atoms with Crippen molar-refractivity contribution in [3.8, 4) is 11.5 Å². The lowest BCUT2D eigenvalue weighted by molar-refractivity contribution is -0.123. The number of nitrogens with one attached hydrogen (secondary N) is 1. The Hall–Kier alpha value is -3.32. The maximum Gasteiger partial charge on any atom is 0.339 e. The summed E-state index contributed by atoms with van der Waals surface area (Å²) >= 11 is 0. The predicted octanol–water partition coefficient (Wildman–Crippen LogP) is 4.00. The first-order chi connectivity index (χ1) is 16.8. The minimum absolute atomic E-state index is 0.0821. The minimum atomic E-state index is -0.804. The molecule has 7 heteroatoms. The fourth-order valence-electron chi connectivity index (χ4n) is 5.03. The number of benzene rings is 2. The number of aliphatic hydroxyl groups is 1. The normalized spacial score (nSPS) is 17.1. The standard InChI is InChI=1S/C28H31NO6/c1-28(2)13-12-20-22(35-28)14-23(25-18-10-6-7-11-19(18)27(32)34-26(20)25)33-16-24(31)29-15-21(30)17-8-4-3-5-9-17/h3-5,8-9,14,21,30H,6-7,10-13,15-16H2,1-2H3,(H,29,31)/t21-/m0/s1. The number of carbonyl (C=O) groups excluding carboxylic acids is 1. The molecular formula is C28H31NO6. The van der Waals surface area contributed by atoms with Gasteiger partial charge in [0, 0.05) is 23.7 Å². The van der Waals surface area contributed by atoms with Gasteiger partial charge in [0.1, 0.15) is 22.7 Å². The maximum atomic E-state index is 12.8. The van der Waals surface area contributed by atoms with Crippen LogP contribution in [-0.4, -0.2) is 29.8 Å². The number of hydrogen-bond donors (Lipinski definition) is 2. The zero-order valence-electron chi connectivity index (χ0n) is 20.2. The van der Waals surface area contributed by atoms with Crippen LogP contribution in [0.4, 0.5) is 0 Å². The topological polar surface area (TPSA) is 98.0 Å². The van der Waals surface area contributed by atoms with Gasteiger partial charge >= 0.3 is 5.63 Å². The first-order valence-corrected chi connectivity index (χ1v) is 12.3. The number of fused-ring (bicyclic) bond motifs is 5. The molecule has 0 spiro atoms. The number of rotatable bonds is 6. The van der Waals surface area contributed by atoms with E-state index in [0.717, 1.165) is 54.2 Å². The Morgan fingerprint density at radius 1 is 1.11 bits per heavy atom. The lowest BCUT2D eigenvalue weighted by Crippen LogP contribution is -2.33. The van der Waals surface area contributed by atoms with E-state index >= 15 is 0 Å². The van der Waals surface area contributed by atoms with Crippen LogP contribution in [0.5, 0.6) is 11.5 Å². The Labute approximate surface area is 204 Å². The molecular weight excluding hydrogens is 446 g/mol. The van der Waals surface area contributed by atoms with E-state index in [0.29, 0.717) is 29.1 Å². The van der Waals surface area contributed by atoms with Crippen LogP contribution in [0.3, 0.4) is 0 Å². The third-order valence-electron chi connectivity index (χ3n) is 6.92. The second kappa shape index (κ2) is 9.38. The number of hydrogen-bond acceptors (Lipinski definition) is 6. The average molecular weight is 478 g/mol. The van der Waals surface area contributed by atoms with Gasteiger partial charge in [-0.2, -0.15) is 0 Å². The molecule has 0 fully saturated rings. The molecule has 3 aromatic rings. The van der Waals surface area contributed by atoms with Crippen molar-refractivity contribution < 1.29 is 23.8 Å². The van der Waals surface area contributed by atoms with Crippen molar-refractivity contribution in [2.24, 2.45) is 0 Å². The van der Waals surface area contributed by atoms with E-state index in [-0.39, 0.29) is 30.3 Å². The summed E-state index contributed by atoms with van der Waals surface area (Å²) in [5.74, 6) is 0.762. The zero-order chi connectivity index (χ0) is 24.6. The third kappa shape index (κ3) is 4.78. The summed E-state index contributed by atoms with van der Waals surface area (Å²) < 4.78 is 18.1. The lowest BCUT2D eigenvalue weighted by atomic mass is 9.87. The second-order valence-corrected chi connectivity index (χ2v) is 9.99. The Bertz CT molecular complexity index is 1310. The molecule has 0 bridgehead atoms. The maximum absolute atomic E-state index is 12.8. The van der Waals surface area contributed by atoms with Crippen LogP contribution < -0.4 is 20.4 Å². The summed E-state index contributed by atoms with van der Waals surface area (Å²) in [6.45, 7) is 3.90. The molecule has 35 heavy (non-hydrogen) atoms. The van der Waals surface area contributed by atoms with Crippen LogP contribution in [-0.2, 0) is 24.1 Å². The molecule has 0 saturated heterocycles. The van der Waals surface area contributed by atoms with E-state index in [1.54, 1.807) is 0 Å².